The van der Waals surface area contributed by atoms with Crippen molar-refractivity contribution in [1.82, 2.24) is 10.0 Å². The van der Waals surface area contributed by atoms with Crippen molar-refractivity contribution in [3.8, 4) is 0 Å². The topological polar surface area (TPSA) is 67.4 Å². The smallest absolute Gasteiger partial charge is 0.240 e. The van der Waals surface area contributed by atoms with Gasteiger partial charge in [0.25, 0.3) is 0 Å². The van der Waals surface area contributed by atoms with Gasteiger partial charge in [0.2, 0.25) is 10.0 Å². The molecule has 0 fully saturated rings. The molecule has 1 aromatic rings. The summed E-state index contributed by atoms with van der Waals surface area (Å²) in [7, 11) is -1.62. The van der Waals surface area contributed by atoms with E-state index in [9.17, 15) is 8.42 Å². The molecule has 0 atom stereocenters. The number of aryl methyl sites for hydroxylation is 1. The monoisotopic (exact) mass is 314 g/mol. The molecule has 0 aromatic heterocycles. The normalized spacial score (nSPS) is 11.8. The number of sulfonamides is 1. The van der Waals surface area contributed by atoms with Crippen molar-refractivity contribution in [3.05, 3.63) is 29.3 Å². The summed E-state index contributed by atoms with van der Waals surface area (Å²) in [5.41, 5.74) is 1.71. The fraction of sp³-hybridized carbons (Fsp3) is 0.600. The van der Waals surface area contributed by atoms with E-state index in [1.54, 1.807) is 6.07 Å². The van der Waals surface area contributed by atoms with E-state index in [1.807, 2.05) is 33.0 Å². The van der Waals surface area contributed by atoms with Crippen LogP contribution in [0.5, 0.6) is 0 Å². The van der Waals surface area contributed by atoms with Crippen LogP contribution in [-0.2, 0) is 21.3 Å². The van der Waals surface area contributed by atoms with Crippen LogP contribution in [0.3, 0.4) is 0 Å². The summed E-state index contributed by atoms with van der Waals surface area (Å²) < 4.78 is 32.6. The Hall–Kier alpha value is -0.950. The fourth-order valence-electron chi connectivity index (χ4n) is 1.95. The van der Waals surface area contributed by atoms with Gasteiger partial charge in [0.15, 0.2) is 0 Å². The van der Waals surface area contributed by atoms with Gasteiger partial charge in [-0.15, -0.1) is 0 Å². The fourth-order valence-corrected chi connectivity index (χ4v) is 3.32. The molecule has 0 spiro atoms. The van der Waals surface area contributed by atoms with E-state index < -0.39 is 10.0 Å². The summed E-state index contributed by atoms with van der Waals surface area (Å²) in [5, 5.41) is 3.02. The minimum atomic E-state index is -3.46. The van der Waals surface area contributed by atoms with Crippen LogP contribution in [0.4, 0.5) is 0 Å². The van der Waals surface area contributed by atoms with E-state index in [0.717, 1.165) is 24.2 Å². The van der Waals surface area contributed by atoms with Gasteiger partial charge in [0, 0.05) is 26.3 Å². The summed E-state index contributed by atoms with van der Waals surface area (Å²) in [4.78, 5) is 0.352. The van der Waals surface area contributed by atoms with E-state index >= 15 is 0 Å². The van der Waals surface area contributed by atoms with Crippen LogP contribution in [0.25, 0.3) is 0 Å². The first-order valence-electron chi connectivity index (χ1n) is 7.32. The van der Waals surface area contributed by atoms with Crippen LogP contribution < -0.4 is 10.0 Å². The van der Waals surface area contributed by atoms with Crippen LogP contribution >= 0.6 is 0 Å². The van der Waals surface area contributed by atoms with Gasteiger partial charge in [-0.2, -0.15) is 0 Å². The first-order chi connectivity index (χ1) is 10.0. The SMILES string of the molecule is CCCOCCCNS(=O)(=O)c1cc(CNC)ccc1C. The molecule has 0 heterocycles. The zero-order valence-corrected chi connectivity index (χ0v) is 13.9. The number of hydrogen-bond donors (Lipinski definition) is 2. The second-order valence-corrected chi connectivity index (χ2v) is 6.73. The summed E-state index contributed by atoms with van der Waals surface area (Å²) in [6.45, 7) is 6.19. The van der Waals surface area contributed by atoms with Gasteiger partial charge >= 0.3 is 0 Å². The van der Waals surface area contributed by atoms with E-state index in [4.69, 9.17) is 4.74 Å². The summed E-state index contributed by atoms with van der Waals surface area (Å²) in [6, 6.07) is 5.50. The largest absolute Gasteiger partial charge is 0.381 e. The molecular formula is C15H26N2O3S. The first kappa shape index (κ1) is 18.1. The highest BCUT2D eigenvalue weighted by Crippen LogP contribution is 2.17. The lowest BCUT2D eigenvalue weighted by atomic mass is 10.1. The van der Waals surface area contributed by atoms with Crippen LogP contribution in [-0.4, -0.2) is 35.2 Å². The predicted octanol–water partition coefficient (Wildman–Crippen LogP) is 1.81. The van der Waals surface area contributed by atoms with Crippen LogP contribution in [0.15, 0.2) is 23.1 Å². The Bertz CT molecular complexity index is 530. The van der Waals surface area contributed by atoms with Gasteiger partial charge in [0.1, 0.15) is 0 Å². The molecule has 1 rings (SSSR count). The maximum absolute atomic E-state index is 12.3. The van der Waals surface area contributed by atoms with E-state index in [2.05, 4.69) is 10.0 Å². The molecule has 0 aliphatic heterocycles. The highest BCUT2D eigenvalue weighted by Gasteiger charge is 2.16. The standard InChI is InChI=1S/C15H26N2O3S/c1-4-9-20-10-5-8-17-21(18,19)15-11-14(12-16-3)7-6-13(15)2/h6-7,11,16-17H,4-5,8-10,12H2,1-3H3. The third-order valence-electron chi connectivity index (χ3n) is 3.03. The molecular weight excluding hydrogens is 288 g/mol. The molecule has 2 N–H and O–H groups in total. The van der Waals surface area contributed by atoms with Crippen LogP contribution in [0, 0.1) is 6.92 Å². The minimum Gasteiger partial charge on any atom is -0.381 e. The zero-order valence-electron chi connectivity index (χ0n) is 13.1. The lowest BCUT2D eigenvalue weighted by Gasteiger charge is -2.11. The zero-order chi connectivity index (χ0) is 15.7. The molecule has 0 bridgehead atoms. The van der Waals surface area contributed by atoms with Gasteiger partial charge < -0.3 is 10.1 Å². The molecule has 0 unspecified atom stereocenters. The molecule has 1 aromatic carbocycles. The molecule has 120 valence electrons. The number of benzene rings is 1. The average molecular weight is 314 g/mol. The third-order valence-corrected chi connectivity index (χ3v) is 4.63. The van der Waals surface area contributed by atoms with Gasteiger partial charge in [0.05, 0.1) is 4.90 Å². The van der Waals surface area contributed by atoms with Gasteiger partial charge in [-0.3, -0.25) is 0 Å². The Morgan fingerprint density at radius 2 is 2.00 bits per heavy atom. The molecule has 0 aliphatic rings. The van der Waals surface area contributed by atoms with Crippen molar-refractivity contribution in [2.45, 2.75) is 38.1 Å². The molecule has 5 nitrogen and oxygen atoms in total. The van der Waals surface area contributed by atoms with Crippen LogP contribution in [0.1, 0.15) is 30.9 Å². The minimum absolute atomic E-state index is 0.352. The molecule has 0 saturated carbocycles. The predicted molar refractivity (Wildman–Crippen MR) is 84.9 cm³/mol. The van der Waals surface area contributed by atoms with Crippen molar-refractivity contribution in [2.75, 3.05) is 26.8 Å². The maximum atomic E-state index is 12.3. The Balaban J connectivity index is 2.63. The molecule has 0 aliphatic carbocycles. The van der Waals surface area contributed by atoms with Gasteiger partial charge in [-0.1, -0.05) is 19.1 Å². The van der Waals surface area contributed by atoms with Crippen molar-refractivity contribution in [2.24, 2.45) is 0 Å². The Kier molecular flexibility index (Phi) is 7.88. The van der Waals surface area contributed by atoms with Crippen LogP contribution in [0.2, 0.25) is 0 Å². The van der Waals surface area contributed by atoms with E-state index in [1.165, 1.54) is 0 Å². The number of rotatable bonds is 10. The van der Waals surface area contributed by atoms with Crippen molar-refractivity contribution >= 4 is 10.0 Å². The Morgan fingerprint density at radius 3 is 2.67 bits per heavy atom. The second kappa shape index (κ2) is 9.15. The summed E-state index contributed by atoms with van der Waals surface area (Å²) >= 11 is 0. The third kappa shape index (κ3) is 6.13. The molecule has 0 amide bonds. The maximum Gasteiger partial charge on any atom is 0.240 e. The summed E-state index contributed by atoms with van der Waals surface area (Å²) in [5.74, 6) is 0. The van der Waals surface area contributed by atoms with Crippen molar-refractivity contribution in [1.29, 1.82) is 0 Å². The van der Waals surface area contributed by atoms with Gasteiger partial charge in [-0.25, -0.2) is 13.1 Å². The number of hydrogen-bond acceptors (Lipinski definition) is 4. The Morgan fingerprint density at radius 1 is 1.24 bits per heavy atom. The lowest BCUT2D eigenvalue weighted by Crippen LogP contribution is -2.26. The first-order valence-corrected chi connectivity index (χ1v) is 8.81. The molecule has 6 heteroatoms. The Labute approximate surface area is 128 Å². The number of nitrogens with one attached hydrogen (secondary N) is 2. The van der Waals surface area contributed by atoms with Gasteiger partial charge in [-0.05, 0) is 44.0 Å². The van der Waals surface area contributed by atoms with Crippen molar-refractivity contribution < 1.29 is 13.2 Å². The average Bonchev–Trinajstić information content (AvgIpc) is 2.45. The highest BCUT2D eigenvalue weighted by atomic mass is 32.2. The molecule has 21 heavy (non-hydrogen) atoms. The quantitative estimate of drug-likeness (QED) is 0.646. The van der Waals surface area contributed by atoms with E-state index in [-0.39, 0.29) is 0 Å². The number of ether oxygens (including phenoxy) is 1. The van der Waals surface area contributed by atoms with Crippen molar-refractivity contribution in [3.63, 3.8) is 0 Å². The highest BCUT2D eigenvalue weighted by molar-refractivity contribution is 7.89. The summed E-state index contributed by atoms with van der Waals surface area (Å²) in [6.07, 6.45) is 1.65. The lowest BCUT2D eigenvalue weighted by molar-refractivity contribution is 0.133. The second-order valence-electron chi connectivity index (χ2n) is 4.99. The van der Waals surface area contributed by atoms with E-state index in [0.29, 0.717) is 31.0 Å². The molecule has 0 radical (unpaired) electrons. The molecule has 0 saturated heterocycles.